The molecular weight excluding hydrogens is 280 g/mol. The molecule has 2 heterocycles. The normalized spacial score (nSPS) is 32.3. The first kappa shape index (κ1) is 15.5. The molecule has 2 aliphatic heterocycles. The van der Waals surface area contributed by atoms with Crippen molar-refractivity contribution in [1.82, 2.24) is 9.80 Å². The second-order valence-corrected chi connectivity index (χ2v) is 7.16. The number of imide groups is 1. The second-order valence-electron chi connectivity index (χ2n) is 7.16. The van der Waals surface area contributed by atoms with E-state index in [-0.39, 0.29) is 42.5 Å². The fraction of sp³-hybridized carbons (Fsp3) is 0.824. The number of fused-ring (bicyclic) bond motifs is 1. The van der Waals surface area contributed by atoms with Gasteiger partial charge in [0.25, 0.3) is 0 Å². The highest BCUT2D eigenvalue weighted by molar-refractivity contribution is 6.05. The van der Waals surface area contributed by atoms with Crippen LogP contribution in [0.2, 0.25) is 0 Å². The number of carbonyl (C=O) groups excluding carboxylic acids is 3. The van der Waals surface area contributed by atoms with E-state index < -0.39 is 0 Å². The van der Waals surface area contributed by atoms with E-state index in [2.05, 4.69) is 6.92 Å². The molecule has 22 heavy (non-hydrogen) atoms. The van der Waals surface area contributed by atoms with Crippen LogP contribution in [0.5, 0.6) is 0 Å². The summed E-state index contributed by atoms with van der Waals surface area (Å²) in [6.45, 7) is 4.06. The van der Waals surface area contributed by atoms with Gasteiger partial charge in [-0.15, -0.1) is 0 Å². The fourth-order valence-corrected chi connectivity index (χ4v) is 4.23. The minimum absolute atomic E-state index is 0.0329. The molecule has 3 aliphatic rings. The minimum atomic E-state index is -0.105. The van der Waals surface area contributed by atoms with E-state index in [0.29, 0.717) is 5.92 Å². The average Bonchev–Trinajstić information content (AvgIpc) is 2.77. The van der Waals surface area contributed by atoms with Gasteiger partial charge < -0.3 is 4.90 Å². The van der Waals surface area contributed by atoms with Gasteiger partial charge >= 0.3 is 0 Å². The van der Waals surface area contributed by atoms with E-state index >= 15 is 0 Å². The lowest BCUT2D eigenvalue weighted by Gasteiger charge is -2.31. The Morgan fingerprint density at radius 1 is 1.05 bits per heavy atom. The first-order valence-electron chi connectivity index (χ1n) is 8.71. The lowest BCUT2D eigenvalue weighted by atomic mass is 9.81. The first-order chi connectivity index (χ1) is 10.6. The van der Waals surface area contributed by atoms with Crippen LogP contribution in [0.25, 0.3) is 0 Å². The van der Waals surface area contributed by atoms with Gasteiger partial charge in [0.15, 0.2) is 0 Å². The molecule has 0 N–H and O–H groups in total. The number of carbonyl (C=O) groups is 3. The van der Waals surface area contributed by atoms with Crippen molar-refractivity contribution in [2.45, 2.75) is 51.9 Å². The molecular formula is C17H26N2O3. The van der Waals surface area contributed by atoms with Gasteiger partial charge in [0.1, 0.15) is 0 Å². The Bertz CT molecular complexity index is 453. The lowest BCUT2D eigenvalue weighted by Crippen LogP contribution is -2.41. The molecule has 0 radical (unpaired) electrons. The zero-order valence-electron chi connectivity index (χ0n) is 13.4. The van der Waals surface area contributed by atoms with Crippen molar-refractivity contribution in [3.63, 3.8) is 0 Å². The molecule has 0 aromatic rings. The van der Waals surface area contributed by atoms with Crippen molar-refractivity contribution in [3.8, 4) is 0 Å². The van der Waals surface area contributed by atoms with Gasteiger partial charge in [0.05, 0.1) is 11.8 Å². The molecule has 1 saturated carbocycles. The highest BCUT2D eigenvalue weighted by Crippen LogP contribution is 2.38. The van der Waals surface area contributed by atoms with Crippen LogP contribution in [0.3, 0.4) is 0 Å². The van der Waals surface area contributed by atoms with Crippen LogP contribution < -0.4 is 0 Å². The molecule has 5 heteroatoms. The van der Waals surface area contributed by atoms with Crippen molar-refractivity contribution in [3.05, 3.63) is 0 Å². The third-order valence-electron chi connectivity index (χ3n) is 5.49. The number of likely N-dealkylation sites (tertiary alicyclic amines) is 2. The molecule has 0 aromatic heterocycles. The minimum Gasteiger partial charge on any atom is -0.342 e. The van der Waals surface area contributed by atoms with Gasteiger partial charge in [0.2, 0.25) is 17.7 Å². The number of hydrogen-bond donors (Lipinski definition) is 0. The van der Waals surface area contributed by atoms with Gasteiger partial charge in [-0.1, -0.05) is 19.8 Å². The molecule has 3 fully saturated rings. The second kappa shape index (κ2) is 6.39. The highest BCUT2D eigenvalue weighted by Gasteiger charge is 2.47. The molecule has 2 saturated heterocycles. The monoisotopic (exact) mass is 306 g/mol. The SMILES string of the molecule is CC1CCCN(C(=O)CCN2C(=O)C3CCCCC3C2=O)C1. The van der Waals surface area contributed by atoms with E-state index in [4.69, 9.17) is 0 Å². The fourth-order valence-electron chi connectivity index (χ4n) is 4.23. The number of amides is 3. The van der Waals surface area contributed by atoms with Crippen molar-refractivity contribution in [1.29, 1.82) is 0 Å². The average molecular weight is 306 g/mol. The van der Waals surface area contributed by atoms with Crippen molar-refractivity contribution >= 4 is 17.7 Å². The standard InChI is InChI=1S/C17H26N2O3/c1-12-5-4-9-18(11-12)15(20)8-10-19-16(21)13-6-2-3-7-14(13)17(19)22/h12-14H,2-11H2,1H3. The summed E-state index contributed by atoms with van der Waals surface area (Å²) in [6.07, 6.45) is 6.27. The van der Waals surface area contributed by atoms with Gasteiger partial charge in [0, 0.05) is 26.1 Å². The summed E-state index contributed by atoms with van der Waals surface area (Å²) in [4.78, 5) is 40.3. The summed E-state index contributed by atoms with van der Waals surface area (Å²) >= 11 is 0. The Balaban J connectivity index is 1.55. The maximum Gasteiger partial charge on any atom is 0.233 e. The number of hydrogen-bond acceptors (Lipinski definition) is 3. The predicted octanol–water partition coefficient (Wildman–Crippen LogP) is 1.81. The Hall–Kier alpha value is -1.39. The van der Waals surface area contributed by atoms with Crippen LogP contribution in [0, 0.1) is 17.8 Å². The molecule has 122 valence electrons. The van der Waals surface area contributed by atoms with E-state index in [1.54, 1.807) is 0 Å². The van der Waals surface area contributed by atoms with E-state index in [9.17, 15) is 14.4 Å². The van der Waals surface area contributed by atoms with E-state index in [1.807, 2.05) is 4.90 Å². The van der Waals surface area contributed by atoms with Gasteiger partial charge in [-0.25, -0.2) is 0 Å². The maximum atomic E-state index is 12.4. The van der Waals surface area contributed by atoms with Crippen molar-refractivity contribution in [2.75, 3.05) is 19.6 Å². The summed E-state index contributed by atoms with van der Waals surface area (Å²) < 4.78 is 0. The van der Waals surface area contributed by atoms with Crippen LogP contribution in [-0.4, -0.2) is 47.2 Å². The smallest absolute Gasteiger partial charge is 0.233 e. The summed E-state index contributed by atoms with van der Waals surface area (Å²) in [7, 11) is 0. The van der Waals surface area contributed by atoms with Crippen LogP contribution in [-0.2, 0) is 14.4 Å². The Kier molecular flexibility index (Phi) is 4.50. The summed E-state index contributed by atoms with van der Waals surface area (Å²) in [5, 5.41) is 0. The lowest BCUT2D eigenvalue weighted by molar-refractivity contribution is -0.141. The quantitative estimate of drug-likeness (QED) is 0.747. The Morgan fingerprint density at radius 3 is 2.27 bits per heavy atom. The molecule has 3 rings (SSSR count). The van der Waals surface area contributed by atoms with Crippen LogP contribution in [0.15, 0.2) is 0 Å². The van der Waals surface area contributed by atoms with Crippen molar-refractivity contribution < 1.29 is 14.4 Å². The summed E-state index contributed by atoms with van der Waals surface area (Å²) in [5.74, 6) is 0.361. The summed E-state index contributed by atoms with van der Waals surface area (Å²) in [5.41, 5.74) is 0. The third kappa shape index (κ3) is 2.90. The van der Waals surface area contributed by atoms with Gasteiger partial charge in [-0.3, -0.25) is 19.3 Å². The zero-order chi connectivity index (χ0) is 15.7. The highest BCUT2D eigenvalue weighted by atomic mass is 16.2. The van der Waals surface area contributed by atoms with E-state index in [0.717, 1.165) is 45.2 Å². The molecule has 0 spiro atoms. The molecule has 3 atom stereocenters. The van der Waals surface area contributed by atoms with Crippen LogP contribution in [0.1, 0.15) is 51.9 Å². The molecule has 0 aromatic carbocycles. The number of rotatable bonds is 3. The third-order valence-corrected chi connectivity index (χ3v) is 5.49. The molecule has 3 unspecified atom stereocenters. The molecule has 5 nitrogen and oxygen atoms in total. The topological polar surface area (TPSA) is 57.7 Å². The number of piperidine rings is 1. The van der Waals surface area contributed by atoms with Gasteiger partial charge in [-0.05, 0) is 31.6 Å². The van der Waals surface area contributed by atoms with E-state index in [1.165, 1.54) is 11.3 Å². The largest absolute Gasteiger partial charge is 0.342 e. The van der Waals surface area contributed by atoms with Gasteiger partial charge in [-0.2, -0.15) is 0 Å². The van der Waals surface area contributed by atoms with Crippen LogP contribution >= 0.6 is 0 Å². The number of nitrogens with zero attached hydrogens (tertiary/aromatic N) is 2. The predicted molar refractivity (Wildman–Crippen MR) is 81.8 cm³/mol. The first-order valence-corrected chi connectivity index (χ1v) is 8.71. The maximum absolute atomic E-state index is 12.4. The summed E-state index contributed by atoms with van der Waals surface area (Å²) in [6, 6.07) is 0. The Morgan fingerprint density at radius 2 is 1.68 bits per heavy atom. The van der Waals surface area contributed by atoms with Crippen molar-refractivity contribution in [2.24, 2.45) is 17.8 Å². The molecule has 1 aliphatic carbocycles. The molecule has 3 amide bonds. The zero-order valence-corrected chi connectivity index (χ0v) is 13.4. The molecule has 0 bridgehead atoms. The van der Waals surface area contributed by atoms with Crippen LogP contribution in [0.4, 0.5) is 0 Å². The Labute approximate surface area is 132 Å².